The van der Waals surface area contributed by atoms with Crippen molar-refractivity contribution >= 4 is 10.8 Å². The number of hydrogen-bond acceptors (Lipinski definition) is 0. The predicted molar refractivity (Wildman–Crippen MR) is 137 cm³/mol. The molecule has 0 unspecified atom stereocenters. The summed E-state index contributed by atoms with van der Waals surface area (Å²) in [6, 6.07) is 19.1. The lowest BCUT2D eigenvalue weighted by atomic mass is 9.78. The first kappa shape index (κ1) is 22.8. The second-order valence-corrected chi connectivity index (χ2v) is 9.71. The van der Waals surface area contributed by atoms with Crippen LogP contribution in [0.4, 0.5) is 4.39 Å². The Labute approximate surface area is 193 Å². The van der Waals surface area contributed by atoms with Crippen LogP contribution in [0.25, 0.3) is 21.9 Å². The third kappa shape index (κ3) is 5.49. The third-order valence-electron chi connectivity index (χ3n) is 7.43. The zero-order valence-corrected chi connectivity index (χ0v) is 19.6. The highest BCUT2D eigenvalue weighted by molar-refractivity contribution is 5.88. The van der Waals surface area contributed by atoms with Crippen molar-refractivity contribution in [1.29, 1.82) is 0 Å². The topological polar surface area (TPSA) is 0 Å². The van der Waals surface area contributed by atoms with Crippen LogP contribution in [-0.2, 0) is 12.8 Å². The molecule has 0 nitrogen and oxygen atoms in total. The highest BCUT2D eigenvalue weighted by Gasteiger charge is 2.20. The van der Waals surface area contributed by atoms with Gasteiger partial charge in [0.2, 0.25) is 0 Å². The smallest absolute Gasteiger partial charge is 0.134 e. The maximum Gasteiger partial charge on any atom is 0.134 e. The van der Waals surface area contributed by atoms with Crippen molar-refractivity contribution in [1.82, 2.24) is 0 Å². The molecule has 1 fully saturated rings. The molecule has 1 saturated carbocycles. The Kier molecular flexibility index (Phi) is 7.79. The van der Waals surface area contributed by atoms with Gasteiger partial charge in [-0.15, -0.1) is 6.58 Å². The largest absolute Gasteiger partial charge is 0.206 e. The monoisotopic (exact) mass is 428 g/mol. The molecular formula is C31H37F. The van der Waals surface area contributed by atoms with Crippen LogP contribution in [0.2, 0.25) is 0 Å². The van der Waals surface area contributed by atoms with Gasteiger partial charge in [-0.25, -0.2) is 4.39 Å². The summed E-state index contributed by atoms with van der Waals surface area (Å²) in [7, 11) is 0. The normalized spacial score (nSPS) is 18.7. The Morgan fingerprint density at radius 3 is 2.22 bits per heavy atom. The van der Waals surface area contributed by atoms with Crippen molar-refractivity contribution < 1.29 is 4.39 Å². The molecule has 0 radical (unpaired) electrons. The van der Waals surface area contributed by atoms with E-state index in [-0.39, 0.29) is 5.82 Å². The third-order valence-corrected chi connectivity index (χ3v) is 7.43. The number of hydrogen-bond donors (Lipinski definition) is 0. The molecule has 0 amide bonds. The molecular weight excluding hydrogens is 391 g/mol. The Balaban J connectivity index is 1.36. The average Bonchev–Trinajstić information content (AvgIpc) is 2.84. The van der Waals surface area contributed by atoms with Gasteiger partial charge in [0.15, 0.2) is 0 Å². The summed E-state index contributed by atoms with van der Waals surface area (Å²) in [6.07, 6.45) is 14.4. The lowest BCUT2D eigenvalue weighted by Crippen LogP contribution is -2.15. The first-order chi connectivity index (χ1) is 15.7. The summed E-state index contributed by atoms with van der Waals surface area (Å²) in [4.78, 5) is 0. The van der Waals surface area contributed by atoms with Gasteiger partial charge in [0, 0.05) is 5.39 Å². The number of rotatable bonds is 9. The lowest BCUT2D eigenvalue weighted by Gasteiger charge is -2.28. The van der Waals surface area contributed by atoms with E-state index in [0.29, 0.717) is 0 Å². The van der Waals surface area contributed by atoms with Gasteiger partial charge in [-0.2, -0.15) is 0 Å². The second-order valence-electron chi connectivity index (χ2n) is 9.71. The van der Waals surface area contributed by atoms with Gasteiger partial charge in [-0.3, -0.25) is 0 Å². The Bertz CT molecular complexity index is 1020. The molecule has 0 atom stereocenters. The van der Waals surface area contributed by atoms with Crippen LogP contribution >= 0.6 is 0 Å². The summed E-state index contributed by atoms with van der Waals surface area (Å²) in [5.74, 6) is 1.76. The number of halogens is 1. The summed E-state index contributed by atoms with van der Waals surface area (Å²) >= 11 is 0. The summed E-state index contributed by atoms with van der Waals surface area (Å²) in [5.41, 5.74) is 4.61. The lowest BCUT2D eigenvalue weighted by molar-refractivity contribution is 0.254. The fourth-order valence-electron chi connectivity index (χ4n) is 5.38. The van der Waals surface area contributed by atoms with Crippen molar-refractivity contribution in [3.63, 3.8) is 0 Å². The molecule has 1 heteroatoms. The summed E-state index contributed by atoms with van der Waals surface area (Å²) in [5, 5.41) is 1.71. The second kappa shape index (κ2) is 10.9. The van der Waals surface area contributed by atoms with Crippen molar-refractivity contribution in [2.24, 2.45) is 11.8 Å². The zero-order valence-electron chi connectivity index (χ0n) is 19.6. The number of fused-ring (bicyclic) bond motifs is 1. The molecule has 0 saturated heterocycles. The molecule has 0 aromatic heterocycles. The standard InChI is InChI=1S/C31H37F/c1-3-5-7-23-8-10-24(11-9-23)12-13-25-14-16-26(17-15-25)28-20-21-30-29(22-28)19-18-27(6-4-2)31(30)32/h3,14-24H,1,4-13H2,2H3. The first-order valence-corrected chi connectivity index (χ1v) is 12.6. The molecule has 32 heavy (non-hydrogen) atoms. The first-order valence-electron chi connectivity index (χ1n) is 12.6. The van der Waals surface area contributed by atoms with E-state index in [1.54, 1.807) is 0 Å². The zero-order chi connectivity index (χ0) is 22.3. The van der Waals surface area contributed by atoms with Gasteiger partial charge in [0.25, 0.3) is 0 Å². The molecule has 3 aromatic rings. The maximum absolute atomic E-state index is 14.8. The average molecular weight is 429 g/mol. The van der Waals surface area contributed by atoms with Gasteiger partial charge in [-0.1, -0.05) is 93.6 Å². The quantitative estimate of drug-likeness (QED) is 0.298. The fourth-order valence-corrected chi connectivity index (χ4v) is 5.38. The van der Waals surface area contributed by atoms with Gasteiger partial charge in [0.1, 0.15) is 5.82 Å². The molecule has 3 aromatic carbocycles. The number of aryl methyl sites for hydroxylation is 2. The molecule has 1 aliphatic rings. The molecule has 0 bridgehead atoms. The van der Waals surface area contributed by atoms with E-state index in [2.05, 4.69) is 62.0 Å². The predicted octanol–water partition coefficient (Wildman–Crippen LogP) is 9.30. The van der Waals surface area contributed by atoms with Crippen LogP contribution in [0.5, 0.6) is 0 Å². The van der Waals surface area contributed by atoms with Gasteiger partial charge in [-0.05, 0) is 77.6 Å². The summed E-state index contributed by atoms with van der Waals surface area (Å²) < 4.78 is 14.8. The van der Waals surface area contributed by atoms with E-state index in [9.17, 15) is 4.39 Å². The van der Waals surface area contributed by atoms with Crippen molar-refractivity contribution in [3.05, 3.63) is 84.2 Å². The van der Waals surface area contributed by atoms with Crippen LogP contribution in [0.15, 0.2) is 67.3 Å². The number of allylic oxidation sites excluding steroid dienone is 1. The van der Waals surface area contributed by atoms with Crippen LogP contribution in [0.1, 0.15) is 69.4 Å². The van der Waals surface area contributed by atoms with Crippen LogP contribution in [-0.4, -0.2) is 0 Å². The molecule has 168 valence electrons. The van der Waals surface area contributed by atoms with Gasteiger partial charge < -0.3 is 0 Å². The van der Waals surface area contributed by atoms with E-state index in [1.807, 2.05) is 12.1 Å². The molecule has 4 rings (SSSR count). The Morgan fingerprint density at radius 2 is 1.53 bits per heavy atom. The minimum Gasteiger partial charge on any atom is -0.206 e. The van der Waals surface area contributed by atoms with Crippen molar-refractivity contribution in [2.75, 3.05) is 0 Å². The minimum absolute atomic E-state index is 0.0546. The fraction of sp³-hybridized carbons (Fsp3) is 0.419. The molecule has 0 N–H and O–H groups in total. The van der Waals surface area contributed by atoms with E-state index in [1.165, 1.54) is 62.5 Å². The van der Waals surface area contributed by atoms with Gasteiger partial charge in [0.05, 0.1) is 0 Å². The summed E-state index contributed by atoms with van der Waals surface area (Å²) in [6.45, 7) is 5.95. The Morgan fingerprint density at radius 1 is 0.844 bits per heavy atom. The Hall–Kier alpha value is -2.41. The molecule has 1 aliphatic carbocycles. The minimum atomic E-state index is -0.0546. The van der Waals surface area contributed by atoms with E-state index >= 15 is 0 Å². The van der Waals surface area contributed by atoms with E-state index in [0.717, 1.165) is 46.6 Å². The van der Waals surface area contributed by atoms with Gasteiger partial charge >= 0.3 is 0 Å². The highest BCUT2D eigenvalue weighted by Crippen LogP contribution is 2.34. The number of benzene rings is 3. The molecule has 0 spiro atoms. The maximum atomic E-state index is 14.8. The van der Waals surface area contributed by atoms with Crippen LogP contribution in [0, 0.1) is 17.7 Å². The van der Waals surface area contributed by atoms with E-state index < -0.39 is 0 Å². The van der Waals surface area contributed by atoms with Crippen LogP contribution < -0.4 is 0 Å². The molecule has 0 aliphatic heterocycles. The highest BCUT2D eigenvalue weighted by atomic mass is 19.1. The van der Waals surface area contributed by atoms with Crippen LogP contribution in [0.3, 0.4) is 0 Å². The molecule has 0 heterocycles. The van der Waals surface area contributed by atoms with Crippen molar-refractivity contribution in [3.8, 4) is 11.1 Å². The SMILES string of the molecule is C=CCCC1CCC(CCc2ccc(-c3ccc4c(F)c(CCC)ccc4c3)cc2)CC1. The van der Waals surface area contributed by atoms with Crippen molar-refractivity contribution in [2.45, 2.75) is 71.1 Å². The van der Waals surface area contributed by atoms with E-state index in [4.69, 9.17) is 0 Å².